The van der Waals surface area contributed by atoms with Gasteiger partial charge < -0.3 is 14.5 Å². The molecule has 0 radical (unpaired) electrons. The van der Waals surface area contributed by atoms with Gasteiger partial charge in [-0.3, -0.25) is 9.78 Å². The molecule has 5 nitrogen and oxygen atoms in total. The summed E-state index contributed by atoms with van der Waals surface area (Å²) in [6, 6.07) is 28.0. The van der Waals surface area contributed by atoms with Gasteiger partial charge >= 0.3 is 0 Å². The van der Waals surface area contributed by atoms with Crippen LogP contribution in [0.1, 0.15) is 33.3 Å². The van der Waals surface area contributed by atoms with Crippen LogP contribution in [-0.2, 0) is 9.22 Å². The van der Waals surface area contributed by atoms with Crippen LogP contribution in [0.4, 0.5) is 0 Å². The molecule has 4 rings (SSSR count). The van der Waals surface area contributed by atoms with Gasteiger partial charge in [0.2, 0.25) is 5.44 Å². The third-order valence-electron chi connectivity index (χ3n) is 7.20. The van der Waals surface area contributed by atoms with E-state index in [0.717, 1.165) is 21.3 Å². The maximum atomic E-state index is 13.5. The molecule has 1 amide bonds. The number of carbonyl (C=O) groups is 1. The fourth-order valence-corrected chi connectivity index (χ4v) is 10.2. The summed E-state index contributed by atoms with van der Waals surface area (Å²) in [5.41, 5.74) is -0.473. The number of terminal acetylenes is 2. The van der Waals surface area contributed by atoms with Gasteiger partial charge in [-0.1, -0.05) is 93.3 Å². The molecule has 1 N–H and O–H groups in total. The van der Waals surface area contributed by atoms with Crippen LogP contribution < -0.4 is 20.4 Å². The normalized spacial score (nSPS) is 13.8. The van der Waals surface area contributed by atoms with Gasteiger partial charge in [0.1, 0.15) is 11.3 Å². The Morgan fingerprint density at radius 3 is 2.12 bits per heavy atom. The van der Waals surface area contributed by atoms with Crippen molar-refractivity contribution in [2.24, 2.45) is 0 Å². The first kappa shape index (κ1) is 30.9. The van der Waals surface area contributed by atoms with Gasteiger partial charge in [0.25, 0.3) is 14.2 Å². The SMILES string of the molecule is C#Cc1cnc2ccc(OC(SC)C(=O)NC(C)(C#C)CO[Si](c3ccccc3)(c3ccccc3)C(C)(C)C)cc2c1. The third kappa shape index (κ3) is 6.55. The van der Waals surface area contributed by atoms with E-state index in [-0.39, 0.29) is 17.6 Å². The van der Waals surface area contributed by atoms with E-state index >= 15 is 0 Å². The van der Waals surface area contributed by atoms with Crippen LogP contribution in [0, 0.1) is 24.7 Å². The third-order valence-corrected chi connectivity index (χ3v) is 12.9. The van der Waals surface area contributed by atoms with Crippen molar-refractivity contribution in [3.8, 4) is 30.4 Å². The number of aromatic nitrogens is 1. The molecular formula is C35H36N2O3SSi. The van der Waals surface area contributed by atoms with Gasteiger partial charge in [-0.2, -0.15) is 0 Å². The Kier molecular flexibility index (Phi) is 9.49. The fourth-order valence-electron chi connectivity index (χ4n) is 5.05. The molecule has 0 bridgehead atoms. The molecule has 0 aliphatic carbocycles. The van der Waals surface area contributed by atoms with E-state index in [1.54, 1.807) is 12.3 Å². The van der Waals surface area contributed by atoms with Crippen LogP contribution >= 0.6 is 11.8 Å². The van der Waals surface area contributed by atoms with E-state index in [9.17, 15) is 4.79 Å². The molecule has 42 heavy (non-hydrogen) atoms. The molecule has 0 saturated carbocycles. The number of fused-ring (bicyclic) bond motifs is 1. The molecule has 1 heterocycles. The number of amides is 1. The van der Waals surface area contributed by atoms with E-state index in [4.69, 9.17) is 22.0 Å². The zero-order chi connectivity index (χ0) is 30.4. The Balaban J connectivity index is 1.58. The highest BCUT2D eigenvalue weighted by molar-refractivity contribution is 7.99. The second-order valence-electron chi connectivity index (χ2n) is 11.3. The van der Waals surface area contributed by atoms with Crippen LogP contribution in [-0.4, -0.2) is 43.0 Å². The summed E-state index contributed by atoms with van der Waals surface area (Å²) in [4.78, 5) is 17.9. The molecule has 0 aliphatic rings. The van der Waals surface area contributed by atoms with E-state index in [0.29, 0.717) is 11.3 Å². The molecule has 0 spiro atoms. The summed E-state index contributed by atoms with van der Waals surface area (Å²) >= 11 is 1.28. The predicted octanol–water partition coefficient (Wildman–Crippen LogP) is 5.37. The minimum absolute atomic E-state index is 0.125. The van der Waals surface area contributed by atoms with Gasteiger partial charge in [-0.05, 0) is 52.9 Å². The van der Waals surface area contributed by atoms with Crippen molar-refractivity contribution < 1.29 is 14.0 Å². The summed E-state index contributed by atoms with van der Waals surface area (Å²) in [5, 5.41) is 5.91. The largest absolute Gasteiger partial charge is 0.470 e. The van der Waals surface area contributed by atoms with Gasteiger partial charge in [0.05, 0.1) is 12.1 Å². The summed E-state index contributed by atoms with van der Waals surface area (Å²) in [7, 11) is -2.86. The zero-order valence-corrected chi connectivity index (χ0v) is 26.5. The molecule has 0 fully saturated rings. The predicted molar refractivity (Wildman–Crippen MR) is 177 cm³/mol. The molecule has 214 valence electrons. The lowest BCUT2D eigenvalue weighted by Gasteiger charge is -2.44. The van der Waals surface area contributed by atoms with Gasteiger partial charge in [-0.25, -0.2) is 0 Å². The van der Waals surface area contributed by atoms with Crippen LogP contribution in [0.25, 0.3) is 10.9 Å². The van der Waals surface area contributed by atoms with Crippen molar-refractivity contribution in [2.45, 2.75) is 43.7 Å². The lowest BCUT2D eigenvalue weighted by molar-refractivity contribution is -0.126. The summed E-state index contributed by atoms with van der Waals surface area (Å²) < 4.78 is 13.1. The van der Waals surface area contributed by atoms with Crippen LogP contribution in [0.15, 0.2) is 91.1 Å². The molecule has 4 aromatic rings. The quantitative estimate of drug-likeness (QED) is 0.153. The highest BCUT2D eigenvalue weighted by Crippen LogP contribution is 2.37. The lowest BCUT2D eigenvalue weighted by Crippen LogP contribution is -2.68. The van der Waals surface area contributed by atoms with Crippen molar-refractivity contribution in [1.29, 1.82) is 0 Å². The smallest absolute Gasteiger partial charge is 0.272 e. The minimum Gasteiger partial charge on any atom is -0.470 e. The Morgan fingerprint density at radius 2 is 1.60 bits per heavy atom. The number of hydrogen-bond donors (Lipinski definition) is 1. The standard InChI is InChI=1S/C35H36N2O3SSi/c1-8-26-22-27-23-28(20-21-31(27)36-24-26)40-33(41-7)32(38)37-35(6,9-2)25-39-42(34(3,4)5,29-16-12-10-13-17-29)30-18-14-11-15-19-30/h1-2,10-24,33H,25H2,3-7H3,(H,37,38). The van der Waals surface area contributed by atoms with E-state index < -0.39 is 19.3 Å². The Hall–Kier alpha value is -4.01. The molecular weight excluding hydrogens is 557 g/mol. The monoisotopic (exact) mass is 592 g/mol. The number of rotatable bonds is 10. The molecule has 0 saturated heterocycles. The fraction of sp³-hybridized carbons (Fsp3) is 0.257. The Bertz CT molecular complexity index is 1580. The molecule has 3 aromatic carbocycles. The minimum atomic E-state index is -2.86. The maximum Gasteiger partial charge on any atom is 0.272 e. The first-order valence-corrected chi connectivity index (χ1v) is 16.9. The second-order valence-corrected chi connectivity index (χ2v) is 16.5. The molecule has 7 heteroatoms. The molecule has 2 unspecified atom stereocenters. The Morgan fingerprint density at radius 1 is 0.976 bits per heavy atom. The number of ether oxygens (including phenoxy) is 1. The van der Waals surface area contributed by atoms with Crippen molar-refractivity contribution in [3.05, 3.63) is 96.7 Å². The first-order chi connectivity index (χ1) is 20.0. The highest BCUT2D eigenvalue weighted by Gasteiger charge is 2.51. The summed E-state index contributed by atoms with van der Waals surface area (Å²) in [6.07, 6.45) is 15.1. The number of nitrogens with one attached hydrogen (secondary N) is 1. The van der Waals surface area contributed by atoms with Crippen molar-refractivity contribution in [1.82, 2.24) is 10.3 Å². The number of thioether (sulfide) groups is 1. The van der Waals surface area contributed by atoms with Crippen LogP contribution in [0.5, 0.6) is 5.75 Å². The van der Waals surface area contributed by atoms with Crippen LogP contribution in [0.2, 0.25) is 5.04 Å². The number of hydrogen-bond acceptors (Lipinski definition) is 5. The van der Waals surface area contributed by atoms with Crippen molar-refractivity contribution >= 4 is 47.3 Å². The maximum absolute atomic E-state index is 13.5. The van der Waals surface area contributed by atoms with Crippen molar-refractivity contribution in [2.75, 3.05) is 12.9 Å². The topological polar surface area (TPSA) is 60.5 Å². The number of nitrogens with zero attached hydrogens (tertiary/aromatic N) is 1. The van der Waals surface area contributed by atoms with Gasteiger partial charge in [-0.15, -0.1) is 24.6 Å². The summed E-state index contributed by atoms with van der Waals surface area (Å²) in [6.45, 7) is 8.54. The molecule has 0 aliphatic heterocycles. The van der Waals surface area contributed by atoms with Gasteiger partial charge in [0.15, 0.2) is 0 Å². The second kappa shape index (κ2) is 12.9. The average molecular weight is 593 g/mol. The Labute approximate surface area is 254 Å². The number of carbonyl (C=O) groups excluding carboxylic acids is 1. The lowest BCUT2D eigenvalue weighted by atomic mass is 10.1. The van der Waals surface area contributed by atoms with E-state index in [2.05, 4.69) is 67.2 Å². The van der Waals surface area contributed by atoms with Crippen LogP contribution in [0.3, 0.4) is 0 Å². The first-order valence-electron chi connectivity index (χ1n) is 13.7. The van der Waals surface area contributed by atoms with Gasteiger partial charge in [0, 0.05) is 17.1 Å². The van der Waals surface area contributed by atoms with E-state index in [1.165, 1.54) is 11.8 Å². The molecule has 2 atom stereocenters. The molecule has 1 aromatic heterocycles. The van der Waals surface area contributed by atoms with Crippen molar-refractivity contribution in [3.63, 3.8) is 0 Å². The summed E-state index contributed by atoms with van der Waals surface area (Å²) in [5.74, 6) is 5.57. The zero-order valence-electron chi connectivity index (χ0n) is 24.7. The average Bonchev–Trinajstić information content (AvgIpc) is 3.00. The number of benzene rings is 3. The number of pyridine rings is 1. The van der Waals surface area contributed by atoms with E-state index in [1.807, 2.05) is 67.8 Å². The highest BCUT2D eigenvalue weighted by atomic mass is 32.2.